The lowest BCUT2D eigenvalue weighted by molar-refractivity contribution is -0.113. The number of nitrogens with one attached hydrogen (secondary N) is 1. The predicted molar refractivity (Wildman–Crippen MR) is 112 cm³/mol. The highest BCUT2D eigenvalue weighted by atomic mass is 35.5. The summed E-state index contributed by atoms with van der Waals surface area (Å²) in [6.45, 7) is 1.91. The Morgan fingerprint density at radius 3 is 2.79 bits per heavy atom. The van der Waals surface area contributed by atoms with Gasteiger partial charge in [0.05, 0.1) is 10.9 Å². The Kier molecular flexibility index (Phi) is 4.84. The molecule has 140 valence electrons. The van der Waals surface area contributed by atoms with Crippen molar-refractivity contribution in [3.8, 4) is 11.4 Å². The largest absolute Gasteiger partial charge is 0.280 e. The maximum atomic E-state index is 13.2. The number of hydrogen-bond acceptors (Lipinski definition) is 3. The SMILES string of the molecule is Cc1ccc2nc(-c3cccc(Cl)c3)n(NC(=O)C3=CCCC=C3)c(=O)c2c1. The Labute approximate surface area is 167 Å². The van der Waals surface area contributed by atoms with Crippen LogP contribution in [0.15, 0.2) is 71.1 Å². The summed E-state index contributed by atoms with van der Waals surface area (Å²) in [5, 5.41) is 0.964. The van der Waals surface area contributed by atoms with Crippen LogP contribution >= 0.6 is 11.6 Å². The molecule has 0 saturated carbocycles. The number of carbonyl (C=O) groups excluding carboxylic acids is 1. The van der Waals surface area contributed by atoms with Crippen LogP contribution in [-0.4, -0.2) is 15.6 Å². The molecule has 0 saturated heterocycles. The lowest BCUT2D eigenvalue weighted by Gasteiger charge is -2.16. The van der Waals surface area contributed by atoms with E-state index in [1.165, 1.54) is 4.68 Å². The molecule has 0 aliphatic heterocycles. The monoisotopic (exact) mass is 391 g/mol. The number of fused-ring (bicyclic) bond motifs is 1. The lowest BCUT2D eigenvalue weighted by Crippen LogP contribution is -2.35. The smallest absolute Gasteiger partial charge is 0.267 e. The van der Waals surface area contributed by atoms with Crippen molar-refractivity contribution in [3.05, 3.63) is 87.2 Å². The van der Waals surface area contributed by atoms with Gasteiger partial charge in [-0.1, -0.05) is 53.6 Å². The van der Waals surface area contributed by atoms with Crippen molar-refractivity contribution in [1.29, 1.82) is 0 Å². The first kappa shape index (κ1) is 18.2. The third-order valence-electron chi connectivity index (χ3n) is 4.58. The first-order valence-corrected chi connectivity index (χ1v) is 9.38. The second-order valence-electron chi connectivity index (χ2n) is 6.69. The number of allylic oxidation sites excluding steroid dienone is 2. The first-order chi connectivity index (χ1) is 13.5. The summed E-state index contributed by atoms with van der Waals surface area (Å²) in [5.41, 5.74) is 5.05. The van der Waals surface area contributed by atoms with E-state index < -0.39 is 0 Å². The number of aromatic nitrogens is 2. The minimum atomic E-state index is -0.352. The minimum Gasteiger partial charge on any atom is -0.267 e. The van der Waals surface area contributed by atoms with Crippen molar-refractivity contribution in [1.82, 2.24) is 9.66 Å². The molecule has 1 aliphatic carbocycles. The number of hydrogen-bond donors (Lipinski definition) is 1. The van der Waals surface area contributed by atoms with Crippen LogP contribution in [0.25, 0.3) is 22.3 Å². The number of halogens is 1. The van der Waals surface area contributed by atoms with Gasteiger partial charge in [0.2, 0.25) is 0 Å². The average Bonchev–Trinajstić information content (AvgIpc) is 2.71. The van der Waals surface area contributed by atoms with E-state index in [4.69, 9.17) is 11.6 Å². The molecule has 0 unspecified atom stereocenters. The zero-order chi connectivity index (χ0) is 19.7. The number of rotatable bonds is 3. The molecule has 28 heavy (non-hydrogen) atoms. The fourth-order valence-corrected chi connectivity index (χ4v) is 3.36. The van der Waals surface area contributed by atoms with E-state index in [9.17, 15) is 9.59 Å². The molecule has 0 bridgehead atoms. The standard InChI is InChI=1S/C22H18ClN3O2/c1-14-10-11-19-18(12-14)22(28)26(25-21(27)15-6-3-2-4-7-15)20(24-19)16-8-5-9-17(23)13-16/h3,5-13H,2,4H2,1H3,(H,25,27). The zero-order valence-electron chi connectivity index (χ0n) is 15.3. The average molecular weight is 392 g/mol. The van der Waals surface area contributed by atoms with E-state index in [1.807, 2.05) is 25.1 Å². The maximum Gasteiger partial charge on any atom is 0.280 e. The Hall–Kier alpha value is -3.18. The van der Waals surface area contributed by atoms with Crippen LogP contribution in [0.4, 0.5) is 0 Å². The summed E-state index contributed by atoms with van der Waals surface area (Å²) >= 11 is 6.13. The maximum absolute atomic E-state index is 13.2. The van der Waals surface area contributed by atoms with E-state index in [2.05, 4.69) is 10.4 Å². The van der Waals surface area contributed by atoms with Gasteiger partial charge < -0.3 is 0 Å². The topological polar surface area (TPSA) is 64.0 Å². The molecule has 0 atom stereocenters. The molecular formula is C22H18ClN3O2. The lowest BCUT2D eigenvalue weighted by atomic mass is 10.1. The minimum absolute atomic E-state index is 0.331. The van der Waals surface area contributed by atoms with E-state index in [0.717, 1.165) is 18.4 Å². The van der Waals surface area contributed by atoms with E-state index in [0.29, 0.717) is 32.9 Å². The number of amides is 1. The second-order valence-corrected chi connectivity index (χ2v) is 7.12. The normalized spacial score (nSPS) is 13.4. The summed E-state index contributed by atoms with van der Waals surface area (Å²) in [7, 11) is 0. The van der Waals surface area contributed by atoms with Gasteiger partial charge in [-0.2, -0.15) is 4.68 Å². The first-order valence-electron chi connectivity index (χ1n) is 9.00. The van der Waals surface area contributed by atoms with Crippen molar-refractivity contribution < 1.29 is 4.79 Å². The molecule has 1 aromatic heterocycles. The van der Waals surface area contributed by atoms with Crippen LogP contribution in [0, 0.1) is 6.92 Å². The molecule has 1 amide bonds. The summed E-state index contributed by atoms with van der Waals surface area (Å²) in [6, 6.07) is 12.5. The van der Waals surface area contributed by atoms with Crippen molar-refractivity contribution in [2.75, 3.05) is 5.43 Å². The predicted octanol–water partition coefficient (Wildman–Crippen LogP) is 4.37. The molecule has 1 heterocycles. The summed E-state index contributed by atoms with van der Waals surface area (Å²) in [6.07, 6.45) is 7.27. The third kappa shape index (κ3) is 3.49. The summed E-state index contributed by atoms with van der Waals surface area (Å²) in [5.74, 6) is -0.0206. The molecule has 2 aromatic carbocycles. The quantitative estimate of drug-likeness (QED) is 0.721. The highest BCUT2D eigenvalue weighted by Gasteiger charge is 2.17. The van der Waals surface area contributed by atoms with Gasteiger partial charge in [-0.25, -0.2) is 4.98 Å². The van der Waals surface area contributed by atoms with Crippen LogP contribution in [-0.2, 0) is 4.79 Å². The number of aryl methyl sites for hydroxylation is 1. The second kappa shape index (κ2) is 7.44. The van der Waals surface area contributed by atoms with Crippen molar-refractivity contribution >= 4 is 28.4 Å². The molecular weight excluding hydrogens is 374 g/mol. The Morgan fingerprint density at radius 2 is 2.04 bits per heavy atom. The van der Waals surface area contributed by atoms with Gasteiger partial charge in [0.1, 0.15) is 0 Å². The Balaban J connectivity index is 1.91. The van der Waals surface area contributed by atoms with Crippen LogP contribution in [0.5, 0.6) is 0 Å². The molecule has 3 aromatic rings. The van der Waals surface area contributed by atoms with Gasteiger partial charge >= 0.3 is 0 Å². The fraction of sp³-hybridized carbons (Fsp3) is 0.136. The van der Waals surface area contributed by atoms with E-state index in [-0.39, 0.29) is 11.5 Å². The Bertz CT molecular complexity index is 1210. The van der Waals surface area contributed by atoms with Crippen LogP contribution in [0.2, 0.25) is 5.02 Å². The van der Waals surface area contributed by atoms with Crippen LogP contribution < -0.4 is 11.0 Å². The molecule has 0 spiro atoms. The number of benzene rings is 2. The van der Waals surface area contributed by atoms with Crippen molar-refractivity contribution in [3.63, 3.8) is 0 Å². The summed E-state index contributed by atoms with van der Waals surface area (Å²) in [4.78, 5) is 30.6. The fourth-order valence-electron chi connectivity index (χ4n) is 3.17. The van der Waals surface area contributed by atoms with Crippen molar-refractivity contribution in [2.45, 2.75) is 19.8 Å². The van der Waals surface area contributed by atoms with Crippen molar-refractivity contribution in [2.24, 2.45) is 0 Å². The summed E-state index contributed by atoms with van der Waals surface area (Å²) < 4.78 is 1.21. The molecule has 4 rings (SSSR count). The molecule has 0 radical (unpaired) electrons. The van der Waals surface area contributed by atoms with Crippen LogP contribution in [0.1, 0.15) is 18.4 Å². The Morgan fingerprint density at radius 1 is 1.18 bits per heavy atom. The molecule has 5 nitrogen and oxygen atoms in total. The van der Waals surface area contributed by atoms with Crippen LogP contribution in [0.3, 0.4) is 0 Å². The van der Waals surface area contributed by atoms with Gasteiger partial charge in [0.25, 0.3) is 11.5 Å². The van der Waals surface area contributed by atoms with E-state index >= 15 is 0 Å². The van der Waals surface area contributed by atoms with E-state index in [1.54, 1.807) is 42.5 Å². The highest BCUT2D eigenvalue weighted by Crippen LogP contribution is 2.22. The third-order valence-corrected chi connectivity index (χ3v) is 4.81. The molecule has 1 aliphatic rings. The number of nitrogens with zero attached hydrogens (tertiary/aromatic N) is 2. The van der Waals surface area contributed by atoms with Gasteiger partial charge in [0, 0.05) is 16.2 Å². The van der Waals surface area contributed by atoms with Gasteiger partial charge in [0.15, 0.2) is 5.82 Å². The van der Waals surface area contributed by atoms with Gasteiger partial charge in [-0.05, 0) is 44.0 Å². The molecule has 6 heteroatoms. The zero-order valence-corrected chi connectivity index (χ0v) is 16.0. The van der Waals surface area contributed by atoms with Gasteiger partial charge in [-0.3, -0.25) is 15.0 Å². The number of carbonyl (C=O) groups is 1. The highest BCUT2D eigenvalue weighted by molar-refractivity contribution is 6.30. The molecule has 0 fully saturated rings. The molecule has 1 N–H and O–H groups in total. The van der Waals surface area contributed by atoms with Gasteiger partial charge in [-0.15, -0.1) is 0 Å².